The minimum atomic E-state index is -0.466. The first-order chi connectivity index (χ1) is 16.4. The lowest BCUT2D eigenvalue weighted by atomic mass is 10.1. The Kier molecular flexibility index (Phi) is 6.60. The van der Waals surface area contributed by atoms with Gasteiger partial charge in [0.2, 0.25) is 0 Å². The van der Waals surface area contributed by atoms with Crippen molar-refractivity contribution in [3.63, 3.8) is 0 Å². The quantitative estimate of drug-likeness (QED) is 0.206. The van der Waals surface area contributed by atoms with E-state index in [2.05, 4.69) is 4.99 Å². The van der Waals surface area contributed by atoms with Crippen molar-refractivity contribution in [1.29, 1.82) is 0 Å². The first kappa shape index (κ1) is 23.0. The third kappa shape index (κ3) is 4.76. The lowest BCUT2D eigenvalue weighted by Crippen LogP contribution is -2.28. The Labute approximate surface area is 198 Å². The van der Waals surface area contributed by atoms with Gasteiger partial charge in [0.05, 0.1) is 28.2 Å². The Morgan fingerprint density at radius 1 is 1.21 bits per heavy atom. The number of nitro benzene ring substituents is 1. The maximum absolute atomic E-state index is 12.9. The summed E-state index contributed by atoms with van der Waals surface area (Å²) >= 11 is 1.21. The van der Waals surface area contributed by atoms with Gasteiger partial charge < -0.3 is 9.15 Å². The molecule has 1 fully saturated rings. The SMILES string of the molecule is CCN1C(=O)/C(=C\c2ccc(-c3cccc([N+](=O)[O-])c3)o2)SC1=Nc1ccc(C(=O)OC)cc1. The number of nitrogens with zero attached hydrogens (tertiary/aromatic N) is 3. The molecule has 172 valence electrons. The molecule has 4 rings (SSSR count). The van der Waals surface area contributed by atoms with E-state index < -0.39 is 10.9 Å². The van der Waals surface area contributed by atoms with Gasteiger partial charge in [0.25, 0.3) is 11.6 Å². The molecule has 2 heterocycles. The molecule has 0 bridgehead atoms. The minimum Gasteiger partial charge on any atom is -0.465 e. The monoisotopic (exact) mass is 477 g/mol. The van der Waals surface area contributed by atoms with E-state index in [1.54, 1.807) is 59.5 Å². The molecule has 0 saturated carbocycles. The average Bonchev–Trinajstić information content (AvgIpc) is 3.43. The highest BCUT2D eigenvalue weighted by Gasteiger charge is 2.32. The molecule has 0 aliphatic carbocycles. The van der Waals surface area contributed by atoms with Crippen LogP contribution in [0.15, 0.2) is 75.0 Å². The van der Waals surface area contributed by atoms with Gasteiger partial charge in [-0.3, -0.25) is 19.8 Å². The summed E-state index contributed by atoms with van der Waals surface area (Å²) in [5.41, 5.74) is 1.53. The molecule has 1 aromatic heterocycles. The molecular formula is C24H19N3O6S. The summed E-state index contributed by atoms with van der Waals surface area (Å²) in [6.45, 7) is 2.28. The number of non-ortho nitro benzene ring substituents is 1. The van der Waals surface area contributed by atoms with Gasteiger partial charge in [-0.15, -0.1) is 0 Å². The van der Waals surface area contributed by atoms with E-state index in [9.17, 15) is 19.7 Å². The van der Waals surface area contributed by atoms with Gasteiger partial charge in [0, 0.05) is 30.3 Å². The molecule has 1 saturated heterocycles. The smallest absolute Gasteiger partial charge is 0.337 e. The van der Waals surface area contributed by atoms with Gasteiger partial charge in [-0.05, 0) is 55.1 Å². The van der Waals surface area contributed by atoms with Crippen LogP contribution in [0.4, 0.5) is 11.4 Å². The van der Waals surface area contributed by atoms with Crippen LogP contribution < -0.4 is 0 Å². The van der Waals surface area contributed by atoms with E-state index >= 15 is 0 Å². The van der Waals surface area contributed by atoms with Crippen molar-refractivity contribution >= 4 is 46.3 Å². The van der Waals surface area contributed by atoms with E-state index in [0.717, 1.165) is 0 Å². The highest BCUT2D eigenvalue weighted by Crippen LogP contribution is 2.35. The summed E-state index contributed by atoms with van der Waals surface area (Å²) in [6.07, 6.45) is 1.62. The summed E-state index contributed by atoms with van der Waals surface area (Å²) in [5, 5.41) is 11.5. The second-order valence-electron chi connectivity index (χ2n) is 7.10. The number of carbonyl (C=O) groups excluding carboxylic acids is 2. The van der Waals surface area contributed by atoms with Crippen LogP contribution >= 0.6 is 11.8 Å². The van der Waals surface area contributed by atoms with Gasteiger partial charge in [-0.1, -0.05) is 12.1 Å². The topological polar surface area (TPSA) is 115 Å². The molecule has 3 aromatic rings. The maximum atomic E-state index is 12.9. The van der Waals surface area contributed by atoms with Crippen molar-refractivity contribution in [3.05, 3.63) is 87.0 Å². The van der Waals surface area contributed by atoms with Gasteiger partial charge in [0.1, 0.15) is 11.5 Å². The van der Waals surface area contributed by atoms with E-state index in [4.69, 9.17) is 9.15 Å². The zero-order valence-corrected chi connectivity index (χ0v) is 19.1. The van der Waals surface area contributed by atoms with Gasteiger partial charge in [0.15, 0.2) is 5.17 Å². The highest BCUT2D eigenvalue weighted by atomic mass is 32.2. The number of amides is 1. The van der Waals surface area contributed by atoms with Crippen LogP contribution in [0.3, 0.4) is 0 Å². The van der Waals surface area contributed by atoms with Crippen LogP contribution in [0.2, 0.25) is 0 Å². The third-order valence-electron chi connectivity index (χ3n) is 4.96. The Morgan fingerprint density at radius 2 is 1.97 bits per heavy atom. The number of likely N-dealkylation sites (N-methyl/N-ethyl adjacent to an activating group) is 1. The fourth-order valence-corrected chi connectivity index (χ4v) is 4.30. The largest absolute Gasteiger partial charge is 0.465 e. The van der Waals surface area contributed by atoms with Crippen LogP contribution in [0.1, 0.15) is 23.0 Å². The second kappa shape index (κ2) is 9.75. The molecule has 0 atom stereocenters. The van der Waals surface area contributed by atoms with Crippen LogP contribution in [0.5, 0.6) is 0 Å². The number of benzene rings is 2. The average molecular weight is 477 g/mol. The molecule has 1 aliphatic rings. The predicted molar refractivity (Wildman–Crippen MR) is 129 cm³/mol. The van der Waals surface area contributed by atoms with Gasteiger partial charge >= 0.3 is 5.97 Å². The number of nitro groups is 1. The molecule has 2 aromatic carbocycles. The van der Waals surface area contributed by atoms with Crippen LogP contribution in [-0.2, 0) is 9.53 Å². The molecule has 10 heteroatoms. The summed E-state index contributed by atoms with van der Waals surface area (Å²) < 4.78 is 10.5. The Morgan fingerprint density at radius 3 is 2.65 bits per heavy atom. The number of aliphatic imine (C=N–C) groups is 1. The van der Waals surface area contributed by atoms with Crippen molar-refractivity contribution in [1.82, 2.24) is 4.90 Å². The number of hydrogen-bond donors (Lipinski definition) is 0. The summed E-state index contributed by atoms with van der Waals surface area (Å²) in [6, 6.07) is 16.1. The number of hydrogen-bond acceptors (Lipinski definition) is 8. The van der Waals surface area contributed by atoms with Crippen molar-refractivity contribution in [2.45, 2.75) is 6.92 Å². The zero-order valence-electron chi connectivity index (χ0n) is 18.3. The van der Waals surface area contributed by atoms with Crippen LogP contribution in [-0.4, -0.2) is 40.5 Å². The molecule has 1 amide bonds. The number of esters is 1. The van der Waals surface area contributed by atoms with Gasteiger partial charge in [-0.25, -0.2) is 9.79 Å². The minimum absolute atomic E-state index is 0.0330. The number of amidine groups is 1. The molecule has 0 N–H and O–H groups in total. The van der Waals surface area contributed by atoms with Crippen molar-refractivity contribution in [2.24, 2.45) is 4.99 Å². The summed E-state index contributed by atoms with van der Waals surface area (Å²) in [5.74, 6) is 0.258. The van der Waals surface area contributed by atoms with E-state index in [-0.39, 0.29) is 11.6 Å². The van der Waals surface area contributed by atoms with Crippen LogP contribution in [0, 0.1) is 10.1 Å². The first-order valence-corrected chi connectivity index (χ1v) is 11.0. The van der Waals surface area contributed by atoms with Crippen molar-refractivity contribution < 1.29 is 23.7 Å². The lowest BCUT2D eigenvalue weighted by molar-refractivity contribution is -0.384. The number of methoxy groups -OCH3 is 1. The normalized spacial score (nSPS) is 15.8. The third-order valence-corrected chi connectivity index (χ3v) is 5.97. The van der Waals surface area contributed by atoms with E-state index in [0.29, 0.717) is 45.0 Å². The number of rotatable bonds is 6. The fraction of sp³-hybridized carbons (Fsp3) is 0.125. The molecule has 34 heavy (non-hydrogen) atoms. The standard InChI is InChI=1S/C24H19N3O6S/c1-3-26-22(28)21(34-24(26)25-17-9-7-15(8-10-17)23(29)32-2)14-19-11-12-20(33-19)16-5-4-6-18(13-16)27(30)31/h4-14H,3H2,1-2H3/b21-14+,25-24?. The Balaban J connectivity index is 1.58. The molecule has 1 aliphatic heterocycles. The van der Waals surface area contributed by atoms with E-state index in [1.807, 2.05) is 6.92 Å². The first-order valence-electron chi connectivity index (χ1n) is 10.2. The fourth-order valence-electron chi connectivity index (χ4n) is 3.26. The zero-order chi connectivity index (χ0) is 24.2. The number of carbonyl (C=O) groups is 2. The molecule has 9 nitrogen and oxygen atoms in total. The number of thioether (sulfide) groups is 1. The summed E-state index contributed by atoms with van der Waals surface area (Å²) in [4.78, 5) is 41.6. The second-order valence-corrected chi connectivity index (χ2v) is 8.11. The molecule has 0 spiro atoms. The Bertz CT molecular complexity index is 1330. The predicted octanol–water partition coefficient (Wildman–Crippen LogP) is 5.27. The lowest BCUT2D eigenvalue weighted by Gasteiger charge is -2.12. The Hall–Kier alpha value is -4.18. The molecule has 0 unspecified atom stereocenters. The molecular weight excluding hydrogens is 458 g/mol. The van der Waals surface area contributed by atoms with Gasteiger partial charge in [-0.2, -0.15) is 0 Å². The highest BCUT2D eigenvalue weighted by molar-refractivity contribution is 8.18. The van der Waals surface area contributed by atoms with Crippen LogP contribution in [0.25, 0.3) is 17.4 Å². The van der Waals surface area contributed by atoms with Crippen molar-refractivity contribution in [2.75, 3.05) is 13.7 Å². The van der Waals surface area contributed by atoms with Crippen molar-refractivity contribution in [3.8, 4) is 11.3 Å². The summed E-state index contributed by atoms with van der Waals surface area (Å²) in [7, 11) is 1.32. The number of furan rings is 1. The maximum Gasteiger partial charge on any atom is 0.337 e. The number of ether oxygens (including phenoxy) is 1. The molecule has 0 radical (unpaired) electrons. The van der Waals surface area contributed by atoms with E-state index in [1.165, 1.54) is 31.0 Å².